The van der Waals surface area contributed by atoms with Crippen LogP contribution < -0.4 is 4.90 Å². The van der Waals surface area contributed by atoms with Crippen LogP contribution in [0.2, 0.25) is 0 Å². The van der Waals surface area contributed by atoms with Crippen LogP contribution in [0.15, 0.2) is 54.6 Å². The van der Waals surface area contributed by atoms with Crippen molar-refractivity contribution in [3.05, 3.63) is 93.5 Å². The van der Waals surface area contributed by atoms with Gasteiger partial charge in [0.1, 0.15) is 23.3 Å². The smallest absolute Gasteiger partial charge is 0.280 e. The number of ketones is 1. The molecule has 0 atom stereocenters. The molecule has 1 aliphatic heterocycles. The zero-order valence-corrected chi connectivity index (χ0v) is 22.1. The van der Waals surface area contributed by atoms with Crippen molar-refractivity contribution >= 4 is 28.9 Å². The molecule has 1 aliphatic rings. The molecular formula is C31H35N2O2+. The Morgan fingerprint density at radius 3 is 1.80 bits per heavy atom. The van der Waals surface area contributed by atoms with Gasteiger partial charge in [-0.25, -0.2) is 9.37 Å². The summed E-state index contributed by atoms with van der Waals surface area (Å²) in [5.74, 6) is 0.171. The number of amides is 1. The van der Waals surface area contributed by atoms with Gasteiger partial charge in [-0.3, -0.25) is 4.79 Å². The lowest BCUT2D eigenvalue weighted by Crippen LogP contribution is -2.58. The van der Waals surface area contributed by atoms with Gasteiger partial charge in [-0.15, -0.1) is 0 Å². The van der Waals surface area contributed by atoms with Crippen LogP contribution in [-0.4, -0.2) is 28.6 Å². The minimum absolute atomic E-state index is 0.0644. The average molecular weight is 468 g/mol. The molecule has 180 valence electrons. The molecule has 4 heteroatoms. The number of aryl methyl sites for hydroxylation is 6. The molecule has 0 N–H and O–H groups in total. The van der Waals surface area contributed by atoms with Gasteiger partial charge in [0.05, 0.1) is 0 Å². The van der Waals surface area contributed by atoms with Crippen molar-refractivity contribution in [2.24, 2.45) is 5.41 Å². The molecule has 0 aromatic heterocycles. The van der Waals surface area contributed by atoms with Crippen molar-refractivity contribution in [1.82, 2.24) is 0 Å². The second-order valence-electron chi connectivity index (χ2n) is 10.6. The summed E-state index contributed by atoms with van der Waals surface area (Å²) in [5.41, 5.74) is 8.08. The third-order valence-corrected chi connectivity index (χ3v) is 6.81. The number of hydrogen-bond donors (Lipinski definition) is 0. The van der Waals surface area contributed by atoms with E-state index in [9.17, 15) is 9.59 Å². The number of benzene rings is 3. The number of anilines is 1. The normalized spacial score (nSPS) is 15.5. The lowest BCUT2D eigenvalue weighted by Gasteiger charge is -2.35. The highest BCUT2D eigenvalue weighted by molar-refractivity contribution is 6.52. The molecule has 0 fully saturated rings. The third-order valence-electron chi connectivity index (χ3n) is 6.81. The Kier molecular flexibility index (Phi) is 6.27. The molecule has 0 bridgehead atoms. The van der Waals surface area contributed by atoms with Crippen LogP contribution in [0.4, 0.5) is 11.4 Å². The largest absolute Gasteiger partial charge is 0.338 e. The van der Waals surface area contributed by atoms with Crippen LogP contribution in [0.25, 0.3) is 0 Å². The predicted octanol–water partition coefficient (Wildman–Crippen LogP) is 6.54. The van der Waals surface area contributed by atoms with Gasteiger partial charge in [0.15, 0.2) is 0 Å². The molecule has 3 aromatic carbocycles. The number of carbonyl (C=O) groups excluding carboxylic acids is 2. The van der Waals surface area contributed by atoms with E-state index in [4.69, 9.17) is 0 Å². The van der Waals surface area contributed by atoms with E-state index in [1.165, 1.54) is 5.56 Å². The van der Waals surface area contributed by atoms with E-state index in [2.05, 4.69) is 56.5 Å². The van der Waals surface area contributed by atoms with Crippen LogP contribution >= 0.6 is 0 Å². The van der Waals surface area contributed by atoms with Gasteiger partial charge in [-0.05, 0) is 77.6 Å². The van der Waals surface area contributed by atoms with Gasteiger partial charge < -0.3 is 0 Å². The molecule has 0 unspecified atom stereocenters. The topological polar surface area (TPSA) is 40.4 Å². The van der Waals surface area contributed by atoms with Gasteiger partial charge in [0, 0.05) is 5.56 Å². The molecule has 1 amide bonds. The summed E-state index contributed by atoms with van der Waals surface area (Å²) in [6.07, 6.45) is 0. The summed E-state index contributed by atoms with van der Waals surface area (Å²) in [4.78, 5) is 30.0. The summed E-state index contributed by atoms with van der Waals surface area (Å²) in [7, 11) is 0. The number of Topliss-reactive ketones (excluding diaryl/α,β-unsaturated/α-hetero) is 1. The zero-order chi connectivity index (χ0) is 25.7. The van der Waals surface area contributed by atoms with Gasteiger partial charge in [0.25, 0.3) is 5.78 Å². The number of hydrogen-bond acceptors (Lipinski definition) is 2. The highest BCUT2D eigenvalue weighted by Crippen LogP contribution is 2.38. The summed E-state index contributed by atoms with van der Waals surface area (Å²) < 4.78 is 2.08. The van der Waals surface area contributed by atoms with E-state index in [0.717, 1.165) is 39.2 Å². The van der Waals surface area contributed by atoms with Crippen molar-refractivity contribution in [2.45, 2.75) is 55.4 Å². The van der Waals surface area contributed by atoms with E-state index in [1.807, 2.05) is 58.0 Å². The maximum Gasteiger partial charge on any atom is 0.338 e. The fourth-order valence-electron chi connectivity index (χ4n) is 5.52. The van der Waals surface area contributed by atoms with Gasteiger partial charge >= 0.3 is 11.7 Å². The third kappa shape index (κ3) is 4.34. The van der Waals surface area contributed by atoms with Gasteiger partial charge in [0.2, 0.25) is 0 Å². The molecule has 0 radical (unpaired) electrons. The van der Waals surface area contributed by atoms with E-state index < -0.39 is 5.41 Å². The molecule has 3 aromatic rings. The molecule has 0 aliphatic carbocycles. The predicted molar refractivity (Wildman–Crippen MR) is 143 cm³/mol. The Morgan fingerprint density at radius 1 is 0.800 bits per heavy atom. The van der Waals surface area contributed by atoms with E-state index in [-0.39, 0.29) is 11.7 Å². The van der Waals surface area contributed by atoms with Crippen molar-refractivity contribution < 1.29 is 14.2 Å². The Bertz CT molecular complexity index is 1330. The molecule has 1 heterocycles. The maximum atomic E-state index is 14.2. The molecular weight excluding hydrogens is 432 g/mol. The Labute approximate surface area is 208 Å². The molecule has 4 rings (SSSR count). The van der Waals surface area contributed by atoms with Gasteiger partial charge in [-0.1, -0.05) is 65.7 Å². The molecule has 0 saturated heterocycles. The standard InChI is InChI=1S/C31H35N2O2/c1-19-14-21(3)26(22(4)15-19)32-18-31(7,8)30(35)33(27-23(5)16-20(2)17-24(27)6)29(32)28(34)25-12-10-9-11-13-25/h9-17H,18H2,1-8H3/q+1. The molecule has 0 spiro atoms. The number of carbonyl (C=O) groups is 2. The zero-order valence-electron chi connectivity index (χ0n) is 22.1. The lowest BCUT2D eigenvalue weighted by molar-refractivity contribution is -0.458. The first-order valence-corrected chi connectivity index (χ1v) is 12.2. The van der Waals surface area contributed by atoms with E-state index in [1.54, 1.807) is 4.90 Å². The Morgan fingerprint density at radius 2 is 1.29 bits per heavy atom. The fraction of sp³-hybridized carbons (Fsp3) is 0.323. The molecule has 0 saturated carbocycles. The first-order valence-electron chi connectivity index (χ1n) is 12.2. The maximum absolute atomic E-state index is 14.2. The first-order chi connectivity index (χ1) is 16.4. The van der Waals surface area contributed by atoms with Crippen LogP contribution in [0.5, 0.6) is 0 Å². The van der Waals surface area contributed by atoms with Crippen molar-refractivity contribution in [3.63, 3.8) is 0 Å². The van der Waals surface area contributed by atoms with Gasteiger partial charge in [-0.2, -0.15) is 4.90 Å². The second-order valence-corrected chi connectivity index (χ2v) is 10.6. The van der Waals surface area contributed by atoms with Crippen LogP contribution in [-0.2, 0) is 4.79 Å². The minimum Gasteiger partial charge on any atom is -0.280 e. The summed E-state index contributed by atoms with van der Waals surface area (Å²) in [6.45, 7) is 16.7. The second kappa shape index (κ2) is 8.92. The van der Waals surface area contributed by atoms with E-state index in [0.29, 0.717) is 17.9 Å². The SMILES string of the molecule is Cc1cc(C)c(N2C(=O)C(C)(C)C[N+](c3c(C)cc(C)cc3C)=C2C(=O)c2ccccc2)c(C)c1. The van der Waals surface area contributed by atoms with Crippen molar-refractivity contribution in [3.8, 4) is 0 Å². The number of nitrogens with zero attached hydrogens (tertiary/aromatic N) is 2. The van der Waals surface area contributed by atoms with Crippen LogP contribution in [0.3, 0.4) is 0 Å². The molecule has 35 heavy (non-hydrogen) atoms. The summed E-state index contributed by atoms with van der Waals surface area (Å²) in [5, 5.41) is 0. The molecule has 4 nitrogen and oxygen atoms in total. The Hall–Kier alpha value is -3.53. The van der Waals surface area contributed by atoms with Crippen LogP contribution in [0.1, 0.15) is 57.6 Å². The number of amidine groups is 1. The average Bonchev–Trinajstić information content (AvgIpc) is 2.75. The highest BCUT2D eigenvalue weighted by atomic mass is 16.2. The lowest BCUT2D eigenvalue weighted by atomic mass is 9.86. The first kappa shape index (κ1) is 24.6. The van der Waals surface area contributed by atoms with Crippen molar-refractivity contribution in [1.29, 1.82) is 0 Å². The summed E-state index contributed by atoms with van der Waals surface area (Å²) >= 11 is 0. The van der Waals surface area contributed by atoms with Crippen LogP contribution in [0, 0.1) is 47.0 Å². The highest BCUT2D eigenvalue weighted by Gasteiger charge is 2.52. The van der Waals surface area contributed by atoms with Crippen molar-refractivity contribution in [2.75, 3.05) is 11.4 Å². The summed E-state index contributed by atoms with van der Waals surface area (Å²) in [6, 6.07) is 17.7. The quantitative estimate of drug-likeness (QED) is 0.323. The minimum atomic E-state index is -0.700. The van der Waals surface area contributed by atoms with E-state index >= 15 is 0 Å². The monoisotopic (exact) mass is 467 g/mol. The Balaban J connectivity index is 2.14. The fourth-order valence-corrected chi connectivity index (χ4v) is 5.52. The number of rotatable bonds is 4.